The number of benzene rings is 3. The fourth-order valence-electron chi connectivity index (χ4n) is 4.43. The van der Waals surface area contributed by atoms with Gasteiger partial charge in [-0.1, -0.05) is 6.07 Å². The van der Waals surface area contributed by atoms with Crippen LogP contribution in [0.3, 0.4) is 0 Å². The Hall–Kier alpha value is -4.27. The Morgan fingerprint density at radius 2 is 1.50 bits per heavy atom. The van der Waals surface area contributed by atoms with E-state index in [-0.39, 0.29) is 5.56 Å². The highest BCUT2D eigenvalue weighted by Crippen LogP contribution is 2.44. The van der Waals surface area contributed by atoms with Crippen molar-refractivity contribution in [2.24, 2.45) is 0 Å². The molecule has 0 saturated carbocycles. The molecule has 4 rings (SSSR count). The van der Waals surface area contributed by atoms with Crippen LogP contribution in [0.1, 0.15) is 38.7 Å². The van der Waals surface area contributed by atoms with Gasteiger partial charge in [0.1, 0.15) is 11.9 Å². The van der Waals surface area contributed by atoms with Crippen LogP contribution in [0, 0.1) is 13.8 Å². The van der Waals surface area contributed by atoms with E-state index in [1.54, 1.807) is 0 Å². The van der Waals surface area contributed by atoms with Crippen molar-refractivity contribution in [3.63, 3.8) is 0 Å². The summed E-state index contributed by atoms with van der Waals surface area (Å²) >= 11 is 0. The average Bonchev–Trinajstić information content (AvgIpc) is 2.85. The van der Waals surface area contributed by atoms with Gasteiger partial charge in [-0.25, -0.2) is 4.79 Å². The van der Waals surface area contributed by atoms with Gasteiger partial charge in [0.15, 0.2) is 34.9 Å². The predicted molar refractivity (Wildman–Crippen MR) is 130 cm³/mol. The maximum absolute atomic E-state index is 13.3. The Morgan fingerprint density at radius 1 is 0.889 bits per heavy atom. The molecule has 2 unspecified atom stereocenters. The zero-order valence-electron chi connectivity index (χ0n) is 20.6. The van der Waals surface area contributed by atoms with Gasteiger partial charge in [-0.3, -0.25) is 0 Å². The maximum Gasteiger partial charge on any atom is 0.338 e. The van der Waals surface area contributed by atoms with Gasteiger partial charge in [0.2, 0.25) is 5.75 Å². The van der Waals surface area contributed by atoms with Gasteiger partial charge in [0.25, 0.3) is 0 Å². The Morgan fingerprint density at radius 3 is 2.06 bits per heavy atom. The van der Waals surface area contributed by atoms with E-state index in [9.17, 15) is 20.1 Å². The molecule has 9 nitrogen and oxygen atoms in total. The number of carbonyl (C=O) groups excluding carboxylic acids is 1. The highest BCUT2D eigenvalue weighted by molar-refractivity contribution is 5.91. The molecule has 3 aromatic rings. The SMILES string of the molecule is COc1cc(C(=O)OC2Cc3c(C)cc(C)cc3OC2c2cc(O)c(O)c(O)c2)cc(OC)c1OC. The topological polar surface area (TPSA) is 124 Å². The summed E-state index contributed by atoms with van der Waals surface area (Å²) in [5.74, 6) is -0.796. The summed E-state index contributed by atoms with van der Waals surface area (Å²) in [5.41, 5.74) is 3.36. The predicted octanol–water partition coefficient (Wildman–Crippen LogP) is 4.35. The molecular weight excluding hydrogens is 468 g/mol. The lowest BCUT2D eigenvalue weighted by molar-refractivity contribution is -0.0185. The molecule has 0 spiro atoms. The molecular formula is C27H28O9. The zero-order chi connectivity index (χ0) is 26.1. The second kappa shape index (κ2) is 9.77. The summed E-state index contributed by atoms with van der Waals surface area (Å²) in [6, 6.07) is 9.42. The number of rotatable bonds is 6. The first kappa shape index (κ1) is 24.8. The first-order valence-corrected chi connectivity index (χ1v) is 11.2. The summed E-state index contributed by atoms with van der Waals surface area (Å²) < 4.78 is 28.2. The van der Waals surface area contributed by atoms with Gasteiger partial charge in [-0.15, -0.1) is 0 Å². The maximum atomic E-state index is 13.3. The van der Waals surface area contributed by atoms with Crippen LogP contribution < -0.4 is 18.9 Å². The van der Waals surface area contributed by atoms with Crippen LogP contribution in [0.4, 0.5) is 0 Å². The summed E-state index contributed by atoms with van der Waals surface area (Å²) in [6.07, 6.45) is -1.37. The number of hydrogen-bond donors (Lipinski definition) is 3. The number of carbonyl (C=O) groups is 1. The number of methoxy groups -OCH3 is 3. The minimum Gasteiger partial charge on any atom is -0.504 e. The van der Waals surface area contributed by atoms with Crippen molar-refractivity contribution >= 4 is 5.97 Å². The van der Waals surface area contributed by atoms with Crippen LogP contribution in [0.5, 0.6) is 40.2 Å². The van der Waals surface area contributed by atoms with Crippen molar-refractivity contribution in [3.8, 4) is 40.2 Å². The second-order valence-electron chi connectivity index (χ2n) is 8.57. The van der Waals surface area contributed by atoms with Crippen LogP contribution in [-0.4, -0.2) is 48.7 Å². The third-order valence-corrected chi connectivity index (χ3v) is 6.15. The van der Waals surface area contributed by atoms with Crippen LogP contribution in [0.15, 0.2) is 36.4 Å². The molecule has 0 fully saturated rings. The molecule has 3 aromatic carbocycles. The molecule has 1 aliphatic rings. The largest absolute Gasteiger partial charge is 0.504 e. The molecule has 0 amide bonds. The monoisotopic (exact) mass is 496 g/mol. The molecule has 9 heteroatoms. The summed E-state index contributed by atoms with van der Waals surface area (Å²) in [4.78, 5) is 13.3. The summed E-state index contributed by atoms with van der Waals surface area (Å²) in [6.45, 7) is 3.90. The average molecular weight is 497 g/mol. The number of esters is 1. The van der Waals surface area contributed by atoms with Gasteiger partial charge < -0.3 is 39.0 Å². The normalized spacial score (nSPS) is 16.5. The number of aromatic hydroxyl groups is 3. The standard InChI is InChI=1S/C27H28O9/c1-13-6-14(2)17-12-23(25(35-20(17)7-13)15-8-18(28)24(30)19(29)9-15)36-27(31)16-10-21(32-3)26(34-5)22(11-16)33-4/h6-11,23,25,28-30H,12H2,1-5H3. The van der Waals surface area contributed by atoms with Crippen molar-refractivity contribution in [2.45, 2.75) is 32.5 Å². The number of phenolic OH excluding ortho intramolecular Hbond substituents is 3. The fourth-order valence-corrected chi connectivity index (χ4v) is 4.43. The Bertz CT molecular complexity index is 1270. The van der Waals surface area contributed by atoms with Crippen molar-refractivity contribution in [3.05, 3.63) is 64.2 Å². The highest BCUT2D eigenvalue weighted by Gasteiger charge is 2.36. The lowest BCUT2D eigenvalue weighted by atomic mass is 9.91. The van der Waals surface area contributed by atoms with Crippen LogP contribution in [0.2, 0.25) is 0 Å². The molecule has 0 saturated heterocycles. The first-order valence-electron chi connectivity index (χ1n) is 11.2. The lowest BCUT2D eigenvalue weighted by Gasteiger charge is -2.34. The third-order valence-electron chi connectivity index (χ3n) is 6.15. The minimum absolute atomic E-state index is 0.172. The Kier molecular flexibility index (Phi) is 6.74. The fraction of sp³-hybridized carbons (Fsp3) is 0.296. The van der Waals surface area contributed by atoms with E-state index in [0.29, 0.717) is 35.0 Å². The van der Waals surface area contributed by atoms with Crippen LogP contribution in [-0.2, 0) is 11.2 Å². The smallest absolute Gasteiger partial charge is 0.338 e. The van der Waals surface area contributed by atoms with E-state index >= 15 is 0 Å². The molecule has 190 valence electrons. The van der Waals surface area contributed by atoms with E-state index < -0.39 is 35.4 Å². The molecule has 3 N–H and O–H groups in total. The van der Waals surface area contributed by atoms with E-state index in [4.69, 9.17) is 23.7 Å². The molecule has 0 aliphatic carbocycles. The quantitative estimate of drug-likeness (QED) is 0.337. The minimum atomic E-state index is -0.873. The molecule has 36 heavy (non-hydrogen) atoms. The van der Waals surface area contributed by atoms with Crippen molar-refractivity contribution in [2.75, 3.05) is 21.3 Å². The van der Waals surface area contributed by atoms with Gasteiger partial charge in [-0.05, 0) is 55.3 Å². The number of ether oxygens (including phenoxy) is 5. The molecule has 0 radical (unpaired) electrons. The van der Waals surface area contributed by atoms with Gasteiger partial charge in [0.05, 0.1) is 26.9 Å². The summed E-state index contributed by atoms with van der Waals surface area (Å²) in [7, 11) is 4.36. The van der Waals surface area contributed by atoms with Crippen LogP contribution >= 0.6 is 0 Å². The number of aryl methyl sites for hydroxylation is 2. The molecule has 1 heterocycles. The van der Waals surface area contributed by atoms with Crippen molar-refractivity contribution < 1.29 is 43.8 Å². The first-order chi connectivity index (χ1) is 17.2. The molecule has 0 bridgehead atoms. The van der Waals surface area contributed by atoms with E-state index in [1.165, 1.54) is 45.6 Å². The van der Waals surface area contributed by atoms with Crippen molar-refractivity contribution in [1.82, 2.24) is 0 Å². The zero-order valence-corrected chi connectivity index (χ0v) is 20.6. The lowest BCUT2D eigenvalue weighted by Crippen LogP contribution is -2.35. The number of hydrogen-bond acceptors (Lipinski definition) is 9. The summed E-state index contributed by atoms with van der Waals surface area (Å²) in [5, 5.41) is 30.0. The number of phenols is 3. The Labute approximate surface area is 208 Å². The third kappa shape index (κ3) is 4.51. The molecule has 0 aromatic heterocycles. The van der Waals surface area contributed by atoms with E-state index in [1.807, 2.05) is 26.0 Å². The second-order valence-corrected chi connectivity index (χ2v) is 8.57. The highest BCUT2D eigenvalue weighted by atomic mass is 16.6. The Balaban J connectivity index is 1.75. The van der Waals surface area contributed by atoms with E-state index in [0.717, 1.165) is 16.7 Å². The van der Waals surface area contributed by atoms with Crippen LogP contribution in [0.25, 0.3) is 0 Å². The number of fused-ring (bicyclic) bond motifs is 1. The van der Waals surface area contributed by atoms with Crippen molar-refractivity contribution in [1.29, 1.82) is 0 Å². The van der Waals surface area contributed by atoms with Gasteiger partial charge in [-0.2, -0.15) is 0 Å². The molecule has 2 atom stereocenters. The molecule has 1 aliphatic heterocycles. The van der Waals surface area contributed by atoms with Gasteiger partial charge in [0, 0.05) is 17.5 Å². The van der Waals surface area contributed by atoms with E-state index in [2.05, 4.69) is 0 Å². The van der Waals surface area contributed by atoms with Gasteiger partial charge >= 0.3 is 5.97 Å².